The Morgan fingerprint density at radius 1 is 1.50 bits per heavy atom. The van der Waals surface area contributed by atoms with Gasteiger partial charge in [-0.1, -0.05) is 17.7 Å². The molecule has 0 unspecified atom stereocenters. The molecule has 0 aromatic heterocycles. The van der Waals surface area contributed by atoms with Crippen molar-refractivity contribution in [3.63, 3.8) is 0 Å². The molecular weight excluding hydrogens is 278 g/mol. The predicted octanol–water partition coefficient (Wildman–Crippen LogP) is 3.30. The first-order chi connectivity index (χ1) is 9.45. The van der Waals surface area contributed by atoms with Gasteiger partial charge in [-0.3, -0.25) is 0 Å². The van der Waals surface area contributed by atoms with Crippen LogP contribution >= 0.6 is 11.6 Å². The fourth-order valence-electron chi connectivity index (χ4n) is 1.87. The fourth-order valence-corrected chi connectivity index (χ4v) is 2.17. The zero-order chi connectivity index (χ0) is 15.1. The van der Waals surface area contributed by atoms with E-state index in [1.165, 1.54) is 6.08 Å². The van der Waals surface area contributed by atoms with Gasteiger partial charge in [0.15, 0.2) is 0 Å². The molecule has 1 N–H and O–H groups in total. The Morgan fingerprint density at radius 3 is 2.70 bits per heavy atom. The standard InChI is InChI=1S/C15H20ClNO3/c1-11(2)17(8-9-20-3)14-6-4-12(10-13(14)16)5-7-15(18)19/h4-7,10-11H,8-9H2,1-3H3,(H,18,19)/b7-5+. The quantitative estimate of drug-likeness (QED) is 0.785. The molecule has 4 nitrogen and oxygen atoms in total. The van der Waals surface area contributed by atoms with E-state index in [0.29, 0.717) is 17.7 Å². The number of carboxylic acids is 1. The summed E-state index contributed by atoms with van der Waals surface area (Å²) in [6.07, 6.45) is 2.61. The summed E-state index contributed by atoms with van der Waals surface area (Å²) in [4.78, 5) is 12.6. The van der Waals surface area contributed by atoms with Crippen LogP contribution in [0, 0.1) is 0 Å². The van der Waals surface area contributed by atoms with E-state index in [9.17, 15) is 4.79 Å². The van der Waals surface area contributed by atoms with Gasteiger partial charge < -0.3 is 14.7 Å². The van der Waals surface area contributed by atoms with Gasteiger partial charge >= 0.3 is 5.97 Å². The maximum Gasteiger partial charge on any atom is 0.328 e. The fraction of sp³-hybridized carbons (Fsp3) is 0.400. The van der Waals surface area contributed by atoms with Crippen molar-refractivity contribution in [1.82, 2.24) is 0 Å². The van der Waals surface area contributed by atoms with Crippen LogP contribution in [0.3, 0.4) is 0 Å². The first-order valence-corrected chi connectivity index (χ1v) is 6.79. The van der Waals surface area contributed by atoms with E-state index in [-0.39, 0.29) is 0 Å². The third-order valence-corrected chi connectivity index (χ3v) is 3.16. The summed E-state index contributed by atoms with van der Waals surface area (Å²) in [5.74, 6) is -0.978. The van der Waals surface area contributed by atoms with Crippen LogP contribution in [0.5, 0.6) is 0 Å². The Morgan fingerprint density at radius 2 is 2.20 bits per heavy atom. The predicted molar refractivity (Wildman–Crippen MR) is 82.5 cm³/mol. The van der Waals surface area contributed by atoms with Gasteiger partial charge in [-0.2, -0.15) is 0 Å². The largest absolute Gasteiger partial charge is 0.478 e. The lowest BCUT2D eigenvalue weighted by molar-refractivity contribution is -0.131. The van der Waals surface area contributed by atoms with Crippen LogP contribution in [0.1, 0.15) is 19.4 Å². The zero-order valence-corrected chi connectivity index (χ0v) is 12.7. The Kier molecular flexibility index (Phi) is 6.55. The number of nitrogens with zero attached hydrogens (tertiary/aromatic N) is 1. The molecule has 20 heavy (non-hydrogen) atoms. The van der Waals surface area contributed by atoms with E-state index in [1.807, 2.05) is 12.1 Å². The third kappa shape index (κ3) is 4.87. The van der Waals surface area contributed by atoms with Gasteiger partial charge in [0.2, 0.25) is 0 Å². The van der Waals surface area contributed by atoms with Gasteiger partial charge in [-0.25, -0.2) is 4.79 Å². The maximum absolute atomic E-state index is 10.5. The highest BCUT2D eigenvalue weighted by Gasteiger charge is 2.13. The summed E-state index contributed by atoms with van der Waals surface area (Å²) in [6, 6.07) is 5.81. The molecule has 5 heteroatoms. The molecule has 0 fully saturated rings. The number of carboxylic acid groups (broad SMARTS) is 1. The third-order valence-electron chi connectivity index (χ3n) is 2.86. The molecule has 0 radical (unpaired) electrons. The van der Waals surface area contributed by atoms with Crippen molar-refractivity contribution in [2.75, 3.05) is 25.2 Å². The number of benzene rings is 1. The molecule has 0 aliphatic heterocycles. The lowest BCUT2D eigenvalue weighted by Gasteiger charge is -2.29. The Bertz CT molecular complexity index is 486. The topological polar surface area (TPSA) is 49.8 Å². The van der Waals surface area contributed by atoms with Crippen LogP contribution in [0.25, 0.3) is 6.08 Å². The number of aliphatic carboxylic acids is 1. The van der Waals surface area contributed by atoms with Gasteiger partial charge in [0.1, 0.15) is 0 Å². The number of hydrogen-bond acceptors (Lipinski definition) is 3. The van der Waals surface area contributed by atoms with Crippen LogP contribution in [0.4, 0.5) is 5.69 Å². The monoisotopic (exact) mass is 297 g/mol. The van der Waals surface area contributed by atoms with Crippen molar-refractivity contribution < 1.29 is 14.6 Å². The molecule has 0 amide bonds. The highest BCUT2D eigenvalue weighted by atomic mass is 35.5. The molecule has 1 aromatic carbocycles. The number of anilines is 1. The lowest BCUT2D eigenvalue weighted by Crippen LogP contribution is -2.34. The Balaban J connectivity index is 2.97. The second-order valence-corrected chi connectivity index (χ2v) is 5.07. The van der Waals surface area contributed by atoms with Crippen LogP contribution in [-0.4, -0.2) is 37.4 Å². The minimum atomic E-state index is -0.978. The van der Waals surface area contributed by atoms with Gasteiger partial charge in [0.05, 0.1) is 17.3 Å². The van der Waals surface area contributed by atoms with Gasteiger partial charge in [-0.15, -0.1) is 0 Å². The molecule has 0 saturated heterocycles. The molecule has 0 aliphatic carbocycles. The van der Waals surface area contributed by atoms with Crippen LogP contribution in [0.2, 0.25) is 5.02 Å². The minimum absolute atomic E-state index is 0.295. The number of halogens is 1. The zero-order valence-electron chi connectivity index (χ0n) is 12.0. The minimum Gasteiger partial charge on any atom is -0.478 e. The molecule has 0 saturated carbocycles. The smallest absolute Gasteiger partial charge is 0.328 e. The highest BCUT2D eigenvalue weighted by Crippen LogP contribution is 2.28. The Hall–Kier alpha value is -1.52. The molecule has 1 aromatic rings. The first-order valence-electron chi connectivity index (χ1n) is 6.42. The molecule has 110 valence electrons. The average Bonchev–Trinajstić information content (AvgIpc) is 2.38. The second kappa shape index (κ2) is 7.92. The number of hydrogen-bond donors (Lipinski definition) is 1. The summed E-state index contributed by atoms with van der Waals surface area (Å²) in [5, 5.41) is 9.21. The van der Waals surface area contributed by atoms with Crippen LogP contribution in [0.15, 0.2) is 24.3 Å². The van der Waals surface area contributed by atoms with Crippen molar-refractivity contribution in [1.29, 1.82) is 0 Å². The van der Waals surface area contributed by atoms with Crippen molar-refractivity contribution in [2.24, 2.45) is 0 Å². The van der Waals surface area contributed by atoms with Crippen LogP contribution < -0.4 is 4.90 Å². The normalized spacial score (nSPS) is 11.2. The molecule has 1 rings (SSSR count). The van der Waals surface area contributed by atoms with E-state index in [2.05, 4.69) is 18.7 Å². The van der Waals surface area contributed by atoms with Crippen molar-refractivity contribution in [3.05, 3.63) is 34.9 Å². The number of carbonyl (C=O) groups is 1. The molecule has 0 aliphatic rings. The molecular formula is C15H20ClNO3. The van der Waals surface area contributed by atoms with E-state index >= 15 is 0 Å². The van der Waals surface area contributed by atoms with Crippen LogP contribution in [-0.2, 0) is 9.53 Å². The number of ether oxygens (including phenoxy) is 1. The summed E-state index contributed by atoms with van der Waals surface area (Å²) >= 11 is 6.30. The lowest BCUT2D eigenvalue weighted by atomic mass is 10.1. The van der Waals surface area contributed by atoms with E-state index in [1.54, 1.807) is 13.2 Å². The van der Waals surface area contributed by atoms with E-state index in [0.717, 1.165) is 23.9 Å². The Labute approximate surface area is 124 Å². The average molecular weight is 298 g/mol. The highest BCUT2D eigenvalue weighted by molar-refractivity contribution is 6.33. The summed E-state index contributed by atoms with van der Waals surface area (Å²) < 4.78 is 5.11. The van der Waals surface area contributed by atoms with Gasteiger partial charge in [-0.05, 0) is 37.6 Å². The summed E-state index contributed by atoms with van der Waals surface area (Å²) in [6.45, 7) is 5.54. The molecule has 0 bridgehead atoms. The second-order valence-electron chi connectivity index (χ2n) is 4.66. The molecule has 0 spiro atoms. The summed E-state index contributed by atoms with van der Waals surface area (Å²) in [5.41, 5.74) is 1.68. The van der Waals surface area contributed by atoms with Crippen molar-refractivity contribution in [3.8, 4) is 0 Å². The van der Waals surface area contributed by atoms with Crippen molar-refractivity contribution >= 4 is 29.3 Å². The van der Waals surface area contributed by atoms with E-state index < -0.39 is 5.97 Å². The van der Waals surface area contributed by atoms with Gasteiger partial charge in [0.25, 0.3) is 0 Å². The molecule has 0 heterocycles. The first kappa shape index (κ1) is 16.5. The SMILES string of the molecule is COCCN(c1ccc(/C=C/C(=O)O)cc1Cl)C(C)C. The summed E-state index contributed by atoms with van der Waals surface area (Å²) in [7, 11) is 1.67. The van der Waals surface area contributed by atoms with Crippen molar-refractivity contribution in [2.45, 2.75) is 19.9 Å². The van der Waals surface area contributed by atoms with E-state index in [4.69, 9.17) is 21.4 Å². The maximum atomic E-state index is 10.5. The van der Waals surface area contributed by atoms with Gasteiger partial charge in [0, 0.05) is 25.8 Å². The molecule has 0 atom stereocenters. The number of methoxy groups -OCH3 is 1. The number of rotatable bonds is 7.